The second-order valence-electron chi connectivity index (χ2n) is 5.97. The van der Waals surface area contributed by atoms with Crippen molar-refractivity contribution in [1.82, 2.24) is 4.72 Å². The van der Waals surface area contributed by atoms with Crippen molar-refractivity contribution in [2.24, 2.45) is 0 Å². The van der Waals surface area contributed by atoms with Crippen LogP contribution in [0.2, 0.25) is 0 Å². The zero-order valence-corrected chi connectivity index (χ0v) is 15.7. The normalized spacial score (nSPS) is 11.3. The van der Waals surface area contributed by atoms with Gasteiger partial charge >= 0.3 is 0 Å². The molecule has 0 aliphatic rings. The Hall–Kier alpha value is -2.25. The van der Waals surface area contributed by atoms with Crippen molar-refractivity contribution in [2.75, 3.05) is 18.5 Å². The number of nitrogens with one attached hydrogen (secondary N) is 1. The van der Waals surface area contributed by atoms with Gasteiger partial charge in [0.15, 0.2) is 0 Å². The van der Waals surface area contributed by atoms with Gasteiger partial charge in [-0.3, -0.25) is 4.79 Å². The van der Waals surface area contributed by atoms with E-state index in [1.54, 1.807) is 43.4 Å². The van der Waals surface area contributed by atoms with Gasteiger partial charge in [-0.1, -0.05) is 19.1 Å². The molecule has 1 amide bonds. The van der Waals surface area contributed by atoms with Gasteiger partial charge in [0.25, 0.3) is 0 Å². The van der Waals surface area contributed by atoms with Crippen molar-refractivity contribution < 1.29 is 17.6 Å². The molecule has 0 fully saturated rings. The number of nitrogens with zero attached hydrogens (tertiary/aromatic N) is 1. The fourth-order valence-electron chi connectivity index (χ4n) is 2.38. The van der Waals surface area contributed by atoms with Crippen LogP contribution in [0.1, 0.15) is 25.3 Å². The maximum atomic E-state index is 13.0. The molecule has 0 aliphatic heterocycles. The van der Waals surface area contributed by atoms with E-state index in [1.807, 2.05) is 6.92 Å². The number of hydrogen-bond acceptors (Lipinski definition) is 3. The predicted octanol–water partition coefficient (Wildman–Crippen LogP) is 3.11. The first-order chi connectivity index (χ1) is 12.3. The van der Waals surface area contributed by atoms with E-state index >= 15 is 0 Å². The molecule has 0 aromatic heterocycles. The second-order valence-corrected chi connectivity index (χ2v) is 7.74. The number of anilines is 1. The number of benzene rings is 2. The van der Waals surface area contributed by atoms with Crippen molar-refractivity contribution >= 4 is 21.6 Å². The molecule has 5 nitrogen and oxygen atoms in total. The van der Waals surface area contributed by atoms with E-state index in [4.69, 9.17) is 0 Å². The predicted molar refractivity (Wildman–Crippen MR) is 100 cm³/mol. The third-order valence-electron chi connectivity index (χ3n) is 3.99. The molecule has 0 saturated carbocycles. The summed E-state index contributed by atoms with van der Waals surface area (Å²) in [6, 6.07) is 12.2. The van der Waals surface area contributed by atoms with Crippen LogP contribution in [0.25, 0.3) is 0 Å². The first-order valence-electron chi connectivity index (χ1n) is 8.44. The molecule has 0 unspecified atom stereocenters. The highest BCUT2D eigenvalue weighted by Crippen LogP contribution is 2.16. The third-order valence-corrected chi connectivity index (χ3v) is 5.47. The van der Waals surface area contributed by atoms with Gasteiger partial charge in [-0.2, -0.15) is 0 Å². The van der Waals surface area contributed by atoms with Gasteiger partial charge in [0, 0.05) is 25.7 Å². The molecular formula is C19H23FN2O3S. The Morgan fingerprint density at radius 2 is 1.69 bits per heavy atom. The molecule has 0 spiro atoms. The smallest absolute Gasteiger partial charge is 0.240 e. The van der Waals surface area contributed by atoms with Crippen molar-refractivity contribution in [3.05, 3.63) is 59.9 Å². The zero-order chi connectivity index (χ0) is 19.2. The first-order valence-corrected chi connectivity index (χ1v) is 9.92. The Bertz CT molecular complexity index is 834. The summed E-state index contributed by atoms with van der Waals surface area (Å²) in [7, 11) is -1.84. The summed E-state index contributed by atoms with van der Waals surface area (Å²) in [5.41, 5.74) is 1.50. The molecular weight excluding hydrogens is 355 g/mol. The highest BCUT2D eigenvalue weighted by atomic mass is 32.2. The molecule has 0 radical (unpaired) electrons. The Balaban J connectivity index is 1.95. The van der Waals surface area contributed by atoms with E-state index in [9.17, 15) is 17.6 Å². The van der Waals surface area contributed by atoms with Crippen molar-refractivity contribution in [3.8, 4) is 0 Å². The summed E-state index contributed by atoms with van der Waals surface area (Å²) in [4.78, 5) is 14.0. The van der Waals surface area contributed by atoms with Crippen molar-refractivity contribution in [2.45, 2.75) is 31.1 Å². The fourth-order valence-corrected chi connectivity index (χ4v) is 3.52. The van der Waals surface area contributed by atoms with Gasteiger partial charge in [0.2, 0.25) is 15.9 Å². The first kappa shape index (κ1) is 20.1. The van der Waals surface area contributed by atoms with Crippen molar-refractivity contribution in [3.63, 3.8) is 0 Å². The van der Waals surface area contributed by atoms with Crippen LogP contribution >= 0.6 is 0 Å². The van der Waals surface area contributed by atoms with E-state index in [2.05, 4.69) is 4.72 Å². The van der Waals surface area contributed by atoms with Crippen molar-refractivity contribution in [1.29, 1.82) is 0 Å². The molecule has 1 N–H and O–H groups in total. The van der Waals surface area contributed by atoms with Gasteiger partial charge in [0.05, 0.1) is 4.90 Å². The monoisotopic (exact) mass is 378 g/mol. The van der Waals surface area contributed by atoms with Crippen LogP contribution < -0.4 is 9.62 Å². The number of amides is 1. The number of carbonyl (C=O) groups excluding carboxylic acids is 1. The number of rotatable bonds is 8. The van der Waals surface area contributed by atoms with Crippen LogP contribution in [0.5, 0.6) is 0 Å². The minimum atomic E-state index is -3.48. The van der Waals surface area contributed by atoms with Gasteiger partial charge in [-0.25, -0.2) is 17.5 Å². The molecule has 0 heterocycles. The highest BCUT2D eigenvalue weighted by Gasteiger charge is 2.14. The Morgan fingerprint density at radius 1 is 1.08 bits per heavy atom. The standard InChI is InChI=1S/C19H23FN2O3S/c1-3-14-21-26(24,25)18-11-4-15(5-12-18)6-13-19(23)22(2)17-9-7-16(20)8-10-17/h4-5,7-12,21H,3,6,13-14H2,1-2H3. The number of hydrogen-bond donors (Lipinski definition) is 1. The van der Waals surface area contributed by atoms with E-state index in [0.29, 0.717) is 18.7 Å². The van der Waals surface area contributed by atoms with Crippen LogP contribution in [0.4, 0.5) is 10.1 Å². The Kier molecular flexibility index (Phi) is 6.88. The zero-order valence-electron chi connectivity index (χ0n) is 14.9. The lowest BCUT2D eigenvalue weighted by molar-refractivity contribution is -0.118. The number of sulfonamides is 1. The van der Waals surface area contributed by atoms with Gasteiger partial charge < -0.3 is 4.90 Å². The van der Waals surface area contributed by atoms with E-state index in [1.165, 1.54) is 17.0 Å². The molecule has 7 heteroatoms. The molecule has 26 heavy (non-hydrogen) atoms. The van der Waals surface area contributed by atoms with Crippen LogP contribution in [0.15, 0.2) is 53.4 Å². The highest BCUT2D eigenvalue weighted by molar-refractivity contribution is 7.89. The summed E-state index contributed by atoms with van der Waals surface area (Å²) in [6.07, 6.45) is 1.49. The Labute approximate surface area is 153 Å². The minimum absolute atomic E-state index is 0.0991. The summed E-state index contributed by atoms with van der Waals surface area (Å²) < 4.78 is 39.6. The lowest BCUT2D eigenvalue weighted by Crippen LogP contribution is -2.26. The second kappa shape index (κ2) is 8.91. The summed E-state index contributed by atoms with van der Waals surface area (Å²) >= 11 is 0. The number of halogens is 1. The lowest BCUT2D eigenvalue weighted by Gasteiger charge is -2.17. The summed E-state index contributed by atoms with van der Waals surface area (Å²) in [5.74, 6) is -0.448. The molecule has 2 aromatic carbocycles. The number of aryl methyl sites for hydroxylation is 1. The average molecular weight is 378 g/mol. The third kappa shape index (κ3) is 5.37. The molecule has 0 saturated heterocycles. The topological polar surface area (TPSA) is 66.5 Å². The maximum absolute atomic E-state index is 13.0. The van der Waals surface area contributed by atoms with Crippen LogP contribution in [-0.2, 0) is 21.2 Å². The van der Waals surface area contributed by atoms with E-state index in [0.717, 1.165) is 12.0 Å². The van der Waals surface area contributed by atoms with Crippen LogP contribution in [0.3, 0.4) is 0 Å². The van der Waals surface area contributed by atoms with Gasteiger partial charge in [-0.15, -0.1) is 0 Å². The SMILES string of the molecule is CCCNS(=O)(=O)c1ccc(CCC(=O)N(C)c2ccc(F)cc2)cc1. The maximum Gasteiger partial charge on any atom is 0.240 e. The van der Waals surface area contributed by atoms with E-state index < -0.39 is 10.0 Å². The summed E-state index contributed by atoms with van der Waals surface area (Å²) in [5, 5.41) is 0. The minimum Gasteiger partial charge on any atom is -0.315 e. The molecule has 140 valence electrons. The quantitative estimate of drug-likeness (QED) is 0.768. The molecule has 0 aliphatic carbocycles. The van der Waals surface area contributed by atoms with Crippen LogP contribution in [-0.4, -0.2) is 27.9 Å². The molecule has 0 atom stereocenters. The molecule has 0 bridgehead atoms. The van der Waals surface area contributed by atoms with Gasteiger partial charge in [0.1, 0.15) is 5.82 Å². The fraction of sp³-hybridized carbons (Fsp3) is 0.316. The Morgan fingerprint density at radius 3 is 2.27 bits per heavy atom. The average Bonchev–Trinajstić information content (AvgIpc) is 2.65. The lowest BCUT2D eigenvalue weighted by atomic mass is 10.1. The summed E-state index contributed by atoms with van der Waals surface area (Å²) in [6.45, 7) is 2.29. The van der Waals surface area contributed by atoms with E-state index in [-0.39, 0.29) is 23.0 Å². The molecule has 2 rings (SSSR count). The number of carbonyl (C=O) groups is 1. The molecule has 2 aromatic rings. The van der Waals surface area contributed by atoms with Crippen LogP contribution in [0, 0.1) is 5.82 Å². The van der Waals surface area contributed by atoms with Gasteiger partial charge in [-0.05, 0) is 54.8 Å². The largest absolute Gasteiger partial charge is 0.315 e.